The molecule has 14 heteroatoms. The number of piperidine rings is 1. The molecule has 2 aliphatic rings. The maximum absolute atomic E-state index is 13.8. The predicted molar refractivity (Wildman–Crippen MR) is 108 cm³/mol. The number of fused-ring (bicyclic) bond motifs is 1. The third-order valence-corrected chi connectivity index (χ3v) is 6.60. The Morgan fingerprint density at radius 3 is 2.53 bits per heavy atom. The highest BCUT2D eigenvalue weighted by Crippen LogP contribution is 2.50. The summed E-state index contributed by atoms with van der Waals surface area (Å²) in [6.45, 7) is 2.09. The van der Waals surface area contributed by atoms with Crippen molar-refractivity contribution in [2.45, 2.75) is 55.6 Å². The van der Waals surface area contributed by atoms with Gasteiger partial charge in [0.2, 0.25) is 5.91 Å². The molecule has 1 amide bonds. The van der Waals surface area contributed by atoms with Crippen molar-refractivity contribution < 1.29 is 36.2 Å². The molecule has 0 aliphatic carbocycles. The van der Waals surface area contributed by atoms with Crippen LogP contribution in [0.5, 0.6) is 0 Å². The first-order valence-corrected chi connectivity index (χ1v) is 10.4. The summed E-state index contributed by atoms with van der Waals surface area (Å²) in [5.74, 6) is -2.00. The maximum atomic E-state index is 13.8. The zero-order valence-electron chi connectivity index (χ0n) is 17.9. The van der Waals surface area contributed by atoms with E-state index in [1.165, 1.54) is 6.07 Å². The molecular weight excluding hydrogens is 470 g/mol. The molecule has 2 aromatic heterocycles. The average molecular weight is 492 g/mol. The molecule has 2 aromatic rings. The van der Waals surface area contributed by atoms with Crippen molar-refractivity contribution in [1.82, 2.24) is 15.2 Å². The number of H-pyrrole nitrogens is 1. The lowest BCUT2D eigenvalue weighted by atomic mass is 9.74. The number of alkyl halides is 6. The number of carbonyl (C=O) groups is 1. The Bertz CT molecular complexity index is 1080. The lowest BCUT2D eigenvalue weighted by molar-refractivity contribution is -0.267. The van der Waals surface area contributed by atoms with Crippen molar-refractivity contribution in [3.8, 4) is 0 Å². The molecule has 1 unspecified atom stereocenters. The van der Waals surface area contributed by atoms with E-state index in [1.54, 1.807) is 11.8 Å². The van der Waals surface area contributed by atoms with E-state index >= 15 is 0 Å². The van der Waals surface area contributed by atoms with E-state index < -0.39 is 58.7 Å². The zero-order valence-corrected chi connectivity index (χ0v) is 17.9. The Balaban J connectivity index is 1.65. The smallest absolute Gasteiger partial charge is 0.376 e. The Morgan fingerprint density at radius 2 is 1.94 bits per heavy atom. The minimum absolute atomic E-state index is 0.0699. The number of anilines is 2. The first-order valence-electron chi connectivity index (χ1n) is 10.4. The number of aliphatic hydroxyl groups is 1. The lowest BCUT2D eigenvalue weighted by Crippen LogP contribution is -2.58. The van der Waals surface area contributed by atoms with E-state index in [2.05, 4.69) is 20.5 Å². The van der Waals surface area contributed by atoms with Crippen molar-refractivity contribution >= 4 is 17.5 Å². The van der Waals surface area contributed by atoms with Crippen LogP contribution in [0.4, 0.5) is 38.0 Å². The number of nitrogens with one attached hydrogen (secondary N) is 2. The lowest BCUT2D eigenvalue weighted by Gasteiger charge is -2.45. The van der Waals surface area contributed by atoms with Gasteiger partial charge in [-0.1, -0.05) is 6.92 Å². The molecule has 0 bridgehead atoms. The fourth-order valence-corrected chi connectivity index (χ4v) is 4.61. The van der Waals surface area contributed by atoms with Gasteiger partial charge >= 0.3 is 12.4 Å². The normalized spacial score (nSPS) is 26.7. The number of nitrogens with two attached hydrogens (primary N) is 1. The van der Waals surface area contributed by atoms with Crippen molar-refractivity contribution in [2.24, 2.45) is 5.73 Å². The molecule has 0 radical (unpaired) electrons. The van der Waals surface area contributed by atoms with Gasteiger partial charge < -0.3 is 21.1 Å². The van der Waals surface area contributed by atoms with Crippen LogP contribution in [-0.4, -0.2) is 51.0 Å². The largest absolute Gasteiger partial charge is 0.422 e. The summed E-state index contributed by atoms with van der Waals surface area (Å²) in [7, 11) is 0. The molecule has 2 aliphatic heterocycles. The Labute approximate surface area is 189 Å². The molecule has 0 spiro atoms. The van der Waals surface area contributed by atoms with Crippen LogP contribution in [-0.2, 0) is 16.6 Å². The summed E-state index contributed by atoms with van der Waals surface area (Å²) in [6, 6.07) is 2.12. The quantitative estimate of drug-likeness (QED) is 0.489. The number of pyridine rings is 1. The fraction of sp³-hybridized carbons (Fsp3) is 0.550. The fourth-order valence-electron chi connectivity index (χ4n) is 4.61. The van der Waals surface area contributed by atoms with E-state index in [4.69, 9.17) is 5.73 Å². The van der Waals surface area contributed by atoms with E-state index in [0.717, 1.165) is 6.07 Å². The molecule has 186 valence electrons. The van der Waals surface area contributed by atoms with Crippen molar-refractivity contribution in [3.05, 3.63) is 35.2 Å². The van der Waals surface area contributed by atoms with E-state index in [0.29, 0.717) is 25.6 Å². The summed E-state index contributed by atoms with van der Waals surface area (Å²) in [5, 5.41) is 19.1. The third kappa shape index (κ3) is 3.98. The molecular formula is C20H22F6N6O2. The third-order valence-electron chi connectivity index (χ3n) is 6.60. The van der Waals surface area contributed by atoms with Crippen molar-refractivity contribution in [1.29, 1.82) is 0 Å². The molecule has 4 heterocycles. The molecule has 1 fully saturated rings. The monoisotopic (exact) mass is 492 g/mol. The van der Waals surface area contributed by atoms with Gasteiger partial charge in [0.15, 0.2) is 11.4 Å². The molecule has 5 N–H and O–H groups in total. The van der Waals surface area contributed by atoms with Gasteiger partial charge in [-0.15, -0.1) is 0 Å². The van der Waals surface area contributed by atoms with Gasteiger partial charge in [-0.3, -0.25) is 9.89 Å². The van der Waals surface area contributed by atoms with Gasteiger partial charge in [-0.2, -0.15) is 31.4 Å². The van der Waals surface area contributed by atoms with Crippen molar-refractivity contribution in [3.63, 3.8) is 0 Å². The molecule has 0 aromatic carbocycles. The number of hydrogen-bond acceptors (Lipinski definition) is 6. The number of aromatic nitrogens is 3. The SMILES string of the molecule is C[C@H](c1[nH]nc2c1C(O)(C(F)(F)F)CC(=O)N2)[C@]1(N)CCCN(c2ccc(C(F)(F)F)cn2)C1. The summed E-state index contributed by atoms with van der Waals surface area (Å²) < 4.78 is 80.1. The highest BCUT2D eigenvalue weighted by atomic mass is 19.4. The van der Waals surface area contributed by atoms with Crippen LogP contribution in [0.15, 0.2) is 18.3 Å². The van der Waals surface area contributed by atoms with Crippen LogP contribution >= 0.6 is 0 Å². The van der Waals surface area contributed by atoms with Gasteiger partial charge in [0, 0.05) is 36.4 Å². The van der Waals surface area contributed by atoms with Gasteiger partial charge in [-0.25, -0.2) is 4.98 Å². The summed E-state index contributed by atoms with van der Waals surface area (Å²) in [5.41, 5.74) is 0.490. The summed E-state index contributed by atoms with van der Waals surface area (Å²) in [4.78, 5) is 17.3. The van der Waals surface area contributed by atoms with Gasteiger partial charge in [0.25, 0.3) is 0 Å². The van der Waals surface area contributed by atoms with Crippen LogP contribution in [0.2, 0.25) is 0 Å². The highest BCUT2D eigenvalue weighted by molar-refractivity contribution is 5.94. The van der Waals surface area contributed by atoms with Crippen LogP contribution in [0, 0.1) is 0 Å². The van der Waals surface area contributed by atoms with Gasteiger partial charge in [0.1, 0.15) is 5.82 Å². The van der Waals surface area contributed by atoms with Gasteiger partial charge in [0.05, 0.1) is 17.5 Å². The highest BCUT2D eigenvalue weighted by Gasteiger charge is 2.61. The standard InChI is InChI=1S/C20H22F6N6O2/c1-10(15-14-16(31-30-15)29-13(33)7-18(14,34)20(24,25)26)17(27)5-2-6-32(9-17)12-4-3-11(8-28-12)19(21,22)23/h3-4,8,10,34H,2,5-7,9,27H2,1H3,(H2,29,30,31,33)/t10-,17+,18?/m1/s1. The van der Waals surface area contributed by atoms with E-state index in [1.807, 2.05) is 0 Å². The summed E-state index contributed by atoms with van der Waals surface area (Å²) in [6.07, 6.45) is -9.31. The van der Waals surface area contributed by atoms with Crippen molar-refractivity contribution in [2.75, 3.05) is 23.3 Å². The molecule has 3 atom stereocenters. The number of carbonyl (C=O) groups excluding carboxylic acids is 1. The zero-order chi connectivity index (χ0) is 25.1. The molecule has 34 heavy (non-hydrogen) atoms. The van der Waals surface area contributed by atoms with Crippen LogP contribution in [0.3, 0.4) is 0 Å². The van der Waals surface area contributed by atoms with Crippen LogP contribution in [0.25, 0.3) is 0 Å². The molecule has 0 saturated carbocycles. The number of nitrogens with zero attached hydrogens (tertiary/aromatic N) is 3. The molecule has 8 nitrogen and oxygen atoms in total. The van der Waals surface area contributed by atoms with Crippen LogP contribution < -0.4 is 16.0 Å². The number of amides is 1. The minimum atomic E-state index is -5.15. The summed E-state index contributed by atoms with van der Waals surface area (Å²) >= 11 is 0. The second kappa shape index (κ2) is 7.83. The first-order chi connectivity index (χ1) is 15.7. The second-order valence-corrected chi connectivity index (χ2v) is 8.83. The topological polar surface area (TPSA) is 120 Å². The number of aromatic amines is 1. The number of hydrogen-bond donors (Lipinski definition) is 4. The minimum Gasteiger partial charge on any atom is -0.376 e. The number of rotatable bonds is 3. The predicted octanol–water partition coefficient (Wildman–Crippen LogP) is 3.02. The van der Waals surface area contributed by atoms with Gasteiger partial charge in [-0.05, 0) is 25.0 Å². The average Bonchev–Trinajstić information content (AvgIpc) is 3.16. The maximum Gasteiger partial charge on any atom is 0.422 e. The Morgan fingerprint density at radius 1 is 1.24 bits per heavy atom. The van der Waals surface area contributed by atoms with E-state index in [9.17, 15) is 36.2 Å². The Kier molecular flexibility index (Phi) is 5.59. The molecule has 1 saturated heterocycles. The second-order valence-electron chi connectivity index (χ2n) is 8.83. The molecule has 4 rings (SSSR count). The number of halogens is 6. The van der Waals surface area contributed by atoms with Crippen LogP contribution in [0.1, 0.15) is 48.9 Å². The Hall–Kier alpha value is -2.87. The first kappa shape index (κ1) is 24.3. The van der Waals surface area contributed by atoms with E-state index in [-0.39, 0.29) is 18.1 Å².